The van der Waals surface area contributed by atoms with E-state index in [1.54, 1.807) is 18.7 Å². The van der Waals surface area contributed by atoms with E-state index in [4.69, 9.17) is 4.52 Å². The molecule has 150 valence electrons. The smallest absolute Gasteiger partial charge is 0.254 e. The number of fused-ring (bicyclic) bond motifs is 1. The van der Waals surface area contributed by atoms with Crippen molar-refractivity contribution in [1.82, 2.24) is 25.0 Å². The quantitative estimate of drug-likeness (QED) is 0.517. The highest BCUT2D eigenvalue weighted by molar-refractivity contribution is 6.06. The number of carbonyl (C=O) groups is 1. The zero-order chi connectivity index (χ0) is 20.5. The van der Waals surface area contributed by atoms with Gasteiger partial charge in [-0.1, -0.05) is 17.3 Å². The Morgan fingerprint density at radius 3 is 2.80 bits per heavy atom. The molecule has 1 fully saturated rings. The van der Waals surface area contributed by atoms with E-state index in [1.165, 1.54) is 0 Å². The number of nitrogens with zero attached hydrogens (tertiary/aromatic N) is 5. The normalized spacial score (nSPS) is 14.9. The molecule has 1 saturated heterocycles. The highest BCUT2D eigenvalue weighted by Gasteiger charge is 2.28. The summed E-state index contributed by atoms with van der Waals surface area (Å²) in [5.74, 6) is 0.984. The zero-order valence-electron chi connectivity index (χ0n) is 16.7. The van der Waals surface area contributed by atoms with Gasteiger partial charge in [0.2, 0.25) is 0 Å². The molecule has 1 aliphatic rings. The molecule has 7 heteroatoms. The van der Waals surface area contributed by atoms with Crippen molar-refractivity contribution in [1.29, 1.82) is 0 Å². The van der Waals surface area contributed by atoms with Crippen LogP contribution in [-0.4, -0.2) is 44.0 Å². The highest BCUT2D eigenvalue weighted by Crippen LogP contribution is 2.34. The maximum absolute atomic E-state index is 13.2. The maximum atomic E-state index is 13.2. The molecular weight excluding hydrogens is 378 g/mol. The number of carbonyl (C=O) groups excluding carboxylic acids is 1. The Bertz CT molecular complexity index is 1210. The van der Waals surface area contributed by atoms with Crippen molar-refractivity contribution in [2.24, 2.45) is 0 Å². The predicted molar refractivity (Wildman–Crippen MR) is 112 cm³/mol. The van der Waals surface area contributed by atoms with Crippen LogP contribution in [0.5, 0.6) is 0 Å². The Labute approximate surface area is 173 Å². The number of amides is 1. The molecule has 0 aliphatic carbocycles. The lowest BCUT2D eigenvalue weighted by Crippen LogP contribution is -2.38. The van der Waals surface area contributed by atoms with Gasteiger partial charge in [0.15, 0.2) is 5.76 Å². The third-order valence-corrected chi connectivity index (χ3v) is 5.68. The van der Waals surface area contributed by atoms with Gasteiger partial charge in [0, 0.05) is 48.4 Å². The van der Waals surface area contributed by atoms with Gasteiger partial charge in [0.05, 0.1) is 22.5 Å². The number of benzene rings is 1. The molecule has 0 unspecified atom stereocenters. The van der Waals surface area contributed by atoms with E-state index in [2.05, 4.69) is 20.1 Å². The third-order valence-electron chi connectivity index (χ3n) is 5.68. The highest BCUT2D eigenvalue weighted by atomic mass is 16.5. The van der Waals surface area contributed by atoms with Crippen LogP contribution in [0.2, 0.25) is 0 Å². The van der Waals surface area contributed by atoms with Crippen LogP contribution in [0.15, 0.2) is 59.6 Å². The van der Waals surface area contributed by atoms with E-state index >= 15 is 0 Å². The molecule has 1 aliphatic heterocycles. The van der Waals surface area contributed by atoms with Crippen LogP contribution in [0.3, 0.4) is 0 Å². The Balaban J connectivity index is 1.36. The van der Waals surface area contributed by atoms with E-state index < -0.39 is 0 Å². The van der Waals surface area contributed by atoms with Gasteiger partial charge < -0.3 is 9.42 Å². The Hall–Kier alpha value is -3.61. The van der Waals surface area contributed by atoms with Crippen LogP contribution in [0, 0.1) is 6.92 Å². The lowest BCUT2D eigenvalue weighted by atomic mass is 9.90. The van der Waals surface area contributed by atoms with Crippen molar-refractivity contribution in [2.45, 2.75) is 25.7 Å². The van der Waals surface area contributed by atoms with Crippen LogP contribution in [0.4, 0.5) is 0 Å². The Kier molecular flexibility index (Phi) is 4.71. The van der Waals surface area contributed by atoms with Crippen molar-refractivity contribution in [3.63, 3.8) is 0 Å². The fraction of sp³-hybridized carbons (Fsp3) is 0.261. The van der Waals surface area contributed by atoms with Gasteiger partial charge >= 0.3 is 0 Å². The summed E-state index contributed by atoms with van der Waals surface area (Å²) in [5, 5.41) is 4.88. The van der Waals surface area contributed by atoms with E-state index in [0.717, 1.165) is 40.7 Å². The zero-order valence-corrected chi connectivity index (χ0v) is 16.7. The third kappa shape index (κ3) is 3.32. The molecule has 7 nitrogen and oxygen atoms in total. The molecule has 3 aromatic heterocycles. The SMILES string of the molecule is Cc1cc(-c2cncnc2C2CCN(C(=O)c3cccc4ncccc34)CC2)on1. The number of aromatic nitrogens is 4. The number of rotatable bonds is 3. The molecule has 0 atom stereocenters. The standard InChI is InChI=1S/C23H21N5O2/c1-15-12-21(30-27-15)19-13-24-14-26-22(19)16-7-10-28(11-8-16)23(29)18-4-2-6-20-17(18)5-3-9-25-20/h2-6,9,12-14,16H,7-8,10-11H2,1H3. The Morgan fingerprint density at radius 1 is 1.13 bits per heavy atom. The number of pyridine rings is 1. The van der Waals surface area contributed by atoms with Gasteiger partial charge in [0.25, 0.3) is 5.91 Å². The molecule has 0 bridgehead atoms. The van der Waals surface area contributed by atoms with Crippen LogP contribution >= 0.6 is 0 Å². The molecule has 0 saturated carbocycles. The average Bonchev–Trinajstić information content (AvgIpc) is 3.24. The van der Waals surface area contributed by atoms with Gasteiger partial charge in [-0.2, -0.15) is 0 Å². The van der Waals surface area contributed by atoms with E-state index in [-0.39, 0.29) is 11.8 Å². The van der Waals surface area contributed by atoms with E-state index in [9.17, 15) is 4.79 Å². The fourth-order valence-electron chi connectivity index (χ4n) is 4.16. The lowest BCUT2D eigenvalue weighted by molar-refractivity contribution is 0.0714. The first-order valence-electron chi connectivity index (χ1n) is 10.1. The van der Waals surface area contributed by atoms with Crippen LogP contribution in [0.25, 0.3) is 22.2 Å². The Morgan fingerprint density at radius 2 is 2.00 bits per heavy atom. The second-order valence-electron chi connectivity index (χ2n) is 7.60. The van der Waals surface area contributed by atoms with Crippen molar-refractivity contribution in [3.05, 3.63) is 72.1 Å². The number of likely N-dealkylation sites (tertiary alicyclic amines) is 1. The minimum absolute atomic E-state index is 0.0563. The van der Waals surface area contributed by atoms with Crippen molar-refractivity contribution >= 4 is 16.8 Å². The second kappa shape index (κ2) is 7.67. The van der Waals surface area contributed by atoms with E-state index in [0.29, 0.717) is 24.4 Å². The first-order valence-corrected chi connectivity index (χ1v) is 10.1. The summed E-state index contributed by atoms with van der Waals surface area (Å²) in [6.45, 7) is 3.25. The summed E-state index contributed by atoms with van der Waals surface area (Å²) in [4.78, 5) is 28.2. The molecule has 0 N–H and O–H groups in total. The maximum Gasteiger partial charge on any atom is 0.254 e. The minimum Gasteiger partial charge on any atom is -0.356 e. The predicted octanol–water partition coefficient (Wildman–Crippen LogP) is 4.01. The first kappa shape index (κ1) is 18.4. The minimum atomic E-state index is 0.0563. The first-order chi connectivity index (χ1) is 14.7. The fourth-order valence-corrected chi connectivity index (χ4v) is 4.16. The molecule has 0 spiro atoms. The number of aryl methyl sites for hydroxylation is 1. The molecule has 30 heavy (non-hydrogen) atoms. The molecule has 0 radical (unpaired) electrons. The number of hydrogen-bond donors (Lipinski definition) is 0. The van der Waals surface area contributed by atoms with Gasteiger partial charge in [-0.05, 0) is 38.0 Å². The number of piperidine rings is 1. The van der Waals surface area contributed by atoms with Crippen molar-refractivity contribution < 1.29 is 9.32 Å². The average molecular weight is 399 g/mol. The molecular formula is C23H21N5O2. The van der Waals surface area contributed by atoms with Crippen LogP contribution < -0.4 is 0 Å². The van der Waals surface area contributed by atoms with Gasteiger partial charge in [0.1, 0.15) is 6.33 Å². The van der Waals surface area contributed by atoms with E-state index in [1.807, 2.05) is 48.2 Å². The second-order valence-corrected chi connectivity index (χ2v) is 7.60. The summed E-state index contributed by atoms with van der Waals surface area (Å²) in [7, 11) is 0. The molecule has 1 aromatic carbocycles. The van der Waals surface area contributed by atoms with Crippen LogP contribution in [0.1, 0.15) is 40.5 Å². The van der Waals surface area contributed by atoms with Gasteiger partial charge in [-0.15, -0.1) is 0 Å². The van der Waals surface area contributed by atoms with Gasteiger partial charge in [-0.25, -0.2) is 9.97 Å². The lowest BCUT2D eigenvalue weighted by Gasteiger charge is -2.32. The number of hydrogen-bond acceptors (Lipinski definition) is 6. The van der Waals surface area contributed by atoms with Gasteiger partial charge in [-0.3, -0.25) is 9.78 Å². The summed E-state index contributed by atoms with van der Waals surface area (Å²) < 4.78 is 5.44. The van der Waals surface area contributed by atoms with Crippen molar-refractivity contribution in [2.75, 3.05) is 13.1 Å². The summed E-state index contributed by atoms with van der Waals surface area (Å²) >= 11 is 0. The summed E-state index contributed by atoms with van der Waals surface area (Å²) in [5.41, 5.74) is 4.21. The largest absolute Gasteiger partial charge is 0.356 e. The molecule has 5 rings (SSSR count). The molecule has 1 amide bonds. The summed E-state index contributed by atoms with van der Waals surface area (Å²) in [6, 6.07) is 11.4. The van der Waals surface area contributed by atoms with Crippen molar-refractivity contribution in [3.8, 4) is 11.3 Å². The molecule has 4 heterocycles. The monoisotopic (exact) mass is 399 g/mol. The topological polar surface area (TPSA) is 85.0 Å². The molecule has 4 aromatic rings. The summed E-state index contributed by atoms with van der Waals surface area (Å²) in [6.07, 6.45) is 6.78. The van der Waals surface area contributed by atoms with Crippen LogP contribution in [-0.2, 0) is 0 Å².